The number of hydrogen-bond acceptors (Lipinski definition) is 5. The topological polar surface area (TPSA) is 89.1 Å². The SMILES string of the molecule is O=C(Nc1ccc2c(c1)OCO2)c1n[nH]c2ccncc12. The Labute approximate surface area is 118 Å². The molecule has 21 heavy (non-hydrogen) atoms. The van der Waals surface area contributed by atoms with E-state index in [0.29, 0.717) is 28.3 Å². The Balaban J connectivity index is 1.63. The Morgan fingerprint density at radius 2 is 2.14 bits per heavy atom. The van der Waals surface area contributed by atoms with Crippen molar-refractivity contribution in [3.05, 3.63) is 42.4 Å². The van der Waals surface area contributed by atoms with E-state index >= 15 is 0 Å². The number of hydrogen-bond donors (Lipinski definition) is 2. The summed E-state index contributed by atoms with van der Waals surface area (Å²) in [6, 6.07) is 6.98. The molecule has 0 unspecified atom stereocenters. The Kier molecular flexibility index (Phi) is 2.50. The third-order valence-corrected chi connectivity index (χ3v) is 3.21. The number of fused-ring (bicyclic) bond motifs is 2. The van der Waals surface area contributed by atoms with E-state index < -0.39 is 0 Å². The van der Waals surface area contributed by atoms with Crippen molar-refractivity contribution in [2.45, 2.75) is 0 Å². The third kappa shape index (κ3) is 1.95. The Morgan fingerprint density at radius 1 is 1.24 bits per heavy atom. The van der Waals surface area contributed by atoms with Gasteiger partial charge in [0.15, 0.2) is 17.2 Å². The molecule has 4 rings (SSSR count). The van der Waals surface area contributed by atoms with Crippen molar-refractivity contribution in [1.29, 1.82) is 0 Å². The lowest BCUT2D eigenvalue weighted by atomic mass is 10.2. The van der Waals surface area contributed by atoms with Gasteiger partial charge in [-0.3, -0.25) is 14.9 Å². The molecule has 1 aliphatic rings. The summed E-state index contributed by atoms with van der Waals surface area (Å²) >= 11 is 0. The predicted octanol–water partition coefficient (Wildman–Crippen LogP) is 1.94. The Bertz CT molecular complexity index is 843. The number of carbonyl (C=O) groups excluding carboxylic acids is 1. The van der Waals surface area contributed by atoms with Gasteiger partial charge in [0, 0.05) is 24.1 Å². The van der Waals surface area contributed by atoms with Gasteiger partial charge < -0.3 is 14.8 Å². The van der Waals surface area contributed by atoms with Gasteiger partial charge in [0.1, 0.15) is 0 Å². The van der Waals surface area contributed by atoms with E-state index in [0.717, 1.165) is 5.52 Å². The number of H-pyrrole nitrogens is 1. The minimum absolute atomic E-state index is 0.197. The van der Waals surface area contributed by atoms with Crippen LogP contribution in [0.15, 0.2) is 36.7 Å². The lowest BCUT2D eigenvalue weighted by Crippen LogP contribution is -2.12. The van der Waals surface area contributed by atoms with Gasteiger partial charge in [-0.05, 0) is 18.2 Å². The summed E-state index contributed by atoms with van der Waals surface area (Å²) in [4.78, 5) is 16.3. The molecule has 3 aromatic rings. The molecule has 0 saturated heterocycles. The molecule has 0 fully saturated rings. The van der Waals surface area contributed by atoms with Gasteiger partial charge in [0.2, 0.25) is 6.79 Å². The highest BCUT2D eigenvalue weighted by atomic mass is 16.7. The third-order valence-electron chi connectivity index (χ3n) is 3.21. The number of amides is 1. The van der Waals surface area contributed by atoms with E-state index in [9.17, 15) is 4.79 Å². The van der Waals surface area contributed by atoms with Crippen LogP contribution < -0.4 is 14.8 Å². The normalized spacial score (nSPS) is 12.6. The second-order valence-electron chi connectivity index (χ2n) is 4.52. The van der Waals surface area contributed by atoms with Crippen LogP contribution in [0.3, 0.4) is 0 Å². The van der Waals surface area contributed by atoms with Crippen molar-refractivity contribution in [3.63, 3.8) is 0 Å². The van der Waals surface area contributed by atoms with Crippen molar-refractivity contribution in [1.82, 2.24) is 15.2 Å². The fourth-order valence-corrected chi connectivity index (χ4v) is 2.19. The van der Waals surface area contributed by atoms with Crippen molar-refractivity contribution >= 4 is 22.5 Å². The maximum atomic E-state index is 12.3. The van der Waals surface area contributed by atoms with Gasteiger partial charge in [-0.1, -0.05) is 0 Å². The second kappa shape index (κ2) is 4.48. The molecule has 2 aromatic heterocycles. The number of pyridine rings is 1. The summed E-state index contributed by atoms with van der Waals surface area (Å²) in [7, 11) is 0. The Hall–Kier alpha value is -3.09. The zero-order valence-corrected chi connectivity index (χ0v) is 10.8. The molecule has 1 aliphatic heterocycles. The lowest BCUT2D eigenvalue weighted by molar-refractivity contribution is 0.102. The number of carbonyl (C=O) groups is 1. The van der Waals surface area contributed by atoms with Crippen LogP contribution in [0.5, 0.6) is 11.5 Å². The fraction of sp³-hybridized carbons (Fsp3) is 0.0714. The highest BCUT2D eigenvalue weighted by Crippen LogP contribution is 2.34. The molecule has 1 amide bonds. The number of aromatic nitrogens is 3. The summed E-state index contributed by atoms with van der Waals surface area (Å²) in [5.74, 6) is 0.969. The van der Waals surface area contributed by atoms with E-state index in [1.807, 2.05) is 0 Å². The molecule has 7 nitrogen and oxygen atoms in total. The number of benzene rings is 1. The highest BCUT2D eigenvalue weighted by Gasteiger charge is 2.17. The van der Waals surface area contributed by atoms with Gasteiger partial charge >= 0.3 is 0 Å². The smallest absolute Gasteiger partial charge is 0.276 e. The molecule has 2 N–H and O–H groups in total. The quantitative estimate of drug-likeness (QED) is 0.749. The standard InChI is InChI=1S/C14H10N4O3/c19-14(13-9-6-15-4-3-10(9)17-18-13)16-8-1-2-11-12(5-8)21-7-20-11/h1-6H,7H2,(H,16,19)(H,17,18). The monoisotopic (exact) mass is 282 g/mol. The minimum Gasteiger partial charge on any atom is -0.454 e. The lowest BCUT2D eigenvalue weighted by Gasteiger charge is -2.04. The number of rotatable bonds is 2. The number of nitrogens with one attached hydrogen (secondary N) is 2. The van der Waals surface area contributed by atoms with Gasteiger partial charge in [0.05, 0.1) is 10.9 Å². The van der Waals surface area contributed by atoms with E-state index in [4.69, 9.17) is 9.47 Å². The van der Waals surface area contributed by atoms with E-state index in [1.54, 1.807) is 36.7 Å². The zero-order valence-electron chi connectivity index (χ0n) is 10.8. The molecular formula is C14H10N4O3. The number of ether oxygens (including phenoxy) is 2. The van der Waals surface area contributed by atoms with Crippen molar-refractivity contribution in [3.8, 4) is 11.5 Å². The first-order valence-corrected chi connectivity index (χ1v) is 6.30. The van der Waals surface area contributed by atoms with Crippen LogP contribution in [0, 0.1) is 0 Å². The number of nitrogens with zero attached hydrogens (tertiary/aromatic N) is 2. The maximum Gasteiger partial charge on any atom is 0.276 e. The van der Waals surface area contributed by atoms with Gasteiger partial charge in [-0.25, -0.2) is 0 Å². The van der Waals surface area contributed by atoms with Crippen molar-refractivity contribution in [2.75, 3.05) is 12.1 Å². The van der Waals surface area contributed by atoms with Crippen LogP contribution in [0.2, 0.25) is 0 Å². The van der Waals surface area contributed by atoms with Crippen molar-refractivity contribution in [2.24, 2.45) is 0 Å². The van der Waals surface area contributed by atoms with Crippen LogP contribution >= 0.6 is 0 Å². The zero-order chi connectivity index (χ0) is 14.2. The second-order valence-corrected chi connectivity index (χ2v) is 4.52. The van der Waals surface area contributed by atoms with Gasteiger partial charge in [-0.15, -0.1) is 0 Å². The number of aromatic amines is 1. The first-order valence-electron chi connectivity index (χ1n) is 6.30. The molecule has 0 spiro atoms. The van der Waals surface area contributed by atoms with Crippen LogP contribution in [0.4, 0.5) is 5.69 Å². The number of anilines is 1. The van der Waals surface area contributed by atoms with Gasteiger partial charge in [-0.2, -0.15) is 5.10 Å². The van der Waals surface area contributed by atoms with Crippen LogP contribution in [0.25, 0.3) is 10.9 Å². The largest absolute Gasteiger partial charge is 0.454 e. The van der Waals surface area contributed by atoms with E-state index in [-0.39, 0.29) is 12.7 Å². The summed E-state index contributed by atoms with van der Waals surface area (Å²) in [5, 5.41) is 10.3. The Morgan fingerprint density at radius 3 is 3.10 bits per heavy atom. The molecule has 0 atom stereocenters. The van der Waals surface area contributed by atoms with E-state index in [2.05, 4.69) is 20.5 Å². The summed E-state index contributed by atoms with van der Waals surface area (Å²) in [6.45, 7) is 0.197. The molecule has 0 bridgehead atoms. The summed E-state index contributed by atoms with van der Waals surface area (Å²) < 4.78 is 10.5. The fourth-order valence-electron chi connectivity index (χ4n) is 2.19. The molecule has 104 valence electrons. The molecule has 0 radical (unpaired) electrons. The molecule has 1 aromatic carbocycles. The maximum absolute atomic E-state index is 12.3. The molecule has 0 aliphatic carbocycles. The average Bonchev–Trinajstić information content (AvgIpc) is 3.13. The molecular weight excluding hydrogens is 272 g/mol. The molecule has 0 saturated carbocycles. The predicted molar refractivity (Wildman–Crippen MR) is 74.4 cm³/mol. The highest BCUT2D eigenvalue weighted by molar-refractivity contribution is 6.10. The summed E-state index contributed by atoms with van der Waals surface area (Å²) in [6.07, 6.45) is 3.24. The molecule has 3 heterocycles. The van der Waals surface area contributed by atoms with Crippen LogP contribution in [-0.4, -0.2) is 27.9 Å². The average molecular weight is 282 g/mol. The first-order chi connectivity index (χ1) is 10.3. The molecule has 7 heteroatoms. The van der Waals surface area contributed by atoms with Crippen LogP contribution in [0.1, 0.15) is 10.5 Å². The van der Waals surface area contributed by atoms with Crippen LogP contribution in [-0.2, 0) is 0 Å². The van der Waals surface area contributed by atoms with Gasteiger partial charge in [0.25, 0.3) is 5.91 Å². The minimum atomic E-state index is -0.312. The van der Waals surface area contributed by atoms with E-state index in [1.165, 1.54) is 0 Å². The first kappa shape index (κ1) is 11.7. The summed E-state index contributed by atoms with van der Waals surface area (Å²) in [5.41, 5.74) is 1.68. The van der Waals surface area contributed by atoms with Crippen molar-refractivity contribution < 1.29 is 14.3 Å².